The van der Waals surface area contributed by atoms with E-state index in [1.807, 2.05) is 0 Å². The molecule has 0 saturated heterocycles. The van der Waals surface area contributed by atoms with Crippen molar-refractivity contribution in [3.8, 4) is 11.5 Å². The van der Waals surface area contributed by atoms with E-state index in [2.05, 4.69) is 9.97 Å². The van der Waals surface area contributed by atoms with Crippen LogP contribution in [0.4, 0.5) is 17.6 Å². The maximum atomic E-state index is 14.0. The molecular weight excluding hydrogens is 300 g/mol. The molecule has 2 aromatic heterocycles. The number of aromatic nitrogens is 2. The Bertz CT molecular complexity index is 809. The van der Waals surface area contributed by atoms with Crippen molar-refractivity contribution in [1.82, 2.24) is 9.97 Å². The molecule has 0 bridgehead atoms. The molecule has 0 amide bonds. The molecule has 0 saturated carbocycles. The predicted octanol–water partition coefficient (Wildman–Crippen LogP) is 4.64. The van der Waals surface area contributed by atoms with Crippen LogP contribution in [-0.4, -0.2) is 16.1 Å². The van der Waals surface area contributed by atoms with Gasteiger partial charge in [0.25, 0.3) is 0 Å². The second-order valence-corrected chi connectivity index (χ2v) is 4.94. The fourth-order valence-electron chi connectivity index (χ4n) is 2.00. The summed E-state index contributed by atoms with van der Waals surface area (Å²) in [5.41, 5.74) is -2.88. The standard InChI is InChI=1S/C15H10F4N2O/c1-14(16,15(17,18)19)10-2-3-12-11(8-10)21-13(22-12)9-4-6-20-7-5-9/h2-8H,1H3. The van der Waals surface area contributed by atoms with E-state index >= 15 is 0 Å². The smallest absolute Gasteiger partial charge is 0.426 e. The second-order valence-electron chi connectivity index (χ2n) is 4.94. The molecule has 3 aromatic rings. The van der Waals surface area contributed by atoms with Crippen molar-refractivity contribution in [1.29, 1.82) is 0 Å². The molecule has 0 aliphatic carbocycles. The summed E-state index contributed by atoms with van der Waals surface area (Å²) in [6, 6.07) is 6.70. The molecule has 0 radical (unpaired) electrons. The van der Waals surface area contributed by atoms with Gasteiger partial charge >= 0.3 is 6.18 Å². The van der Waals surface area contributed by atoms with E-state index < -0.39 is 17.4 Å². The van der Waals surface area contributed by atoms with Crippen LogP contribution in [0.15, 0.2) is 47.1 Å². The predicted molar refractivity (Wildman–Crippen MR) is 71.8 cm³/mol. The quantitative estimate of drug-likeness (QED) is 0.647. The number of hydrogen-bond acceptors (Lipinski definition) is 3. The van der Waals surface area contributed by atoms with Crippen LogP contribution in [0.1, 0.15) is 12.5 Å². The van der Waals surface area contributed by atoms with E-state index in [0.29, 0.717) is 12.5 Å². The van der Waals surface area contributed by atoms with Crippen molar-refractivity contribution in [2.45, 2.75) is 18.8 Å². The van der Waals surface area contributed by atoms with Crippen LogP contribution in [-0.2, 0) is 5.67 Å². The number of hydrogen-bond donors (Lipinski definition) is 0. The molecule has 7 heteroatoms. The van der Waals surface area contributed by atoms with E-state index in [1.165, 1.54) is 18.5 Å². The molecule has 0 fully saturated rings. The number of oxazole rings is 1. The van der Waals surface area contributed by atoms with Crippen LogP contribution in [0.2, 0.25) is 0 Å². The fourth-order valence-corrected chi connectivity index (χ4v) is 2.00. The Morgan fingerprint density at radius 2 is 1.68 bits per heavy atom. The molecule has 0 aliphatic rings. The zero-order chi connectivity index (χ0) is 16.0. The van der Waals surface area contributed by atoms with Crippen LogP contribution in [0.5, 0.6) is 0 Å². The third kappa shape index (κ3) is 2.32. The number of fused-ring (bicyclic) bond motifs is 1. The van der Waals surface area contributed by atoms with Gasteiger partial charge in [0.15, 0.2) is 5.58 Å². The number of rotatable bonds is 2. The summed E-state index contributed by atoms with van der Waals surface area (Å²) in [7, 11) is 0. The minimum atomic E-state index is -5.00. The Morgan fingerprint density at radius 1 is 1.00 bits per heavy atom. The highest BCUT2D eigenvalue weighted by molar-refractivity contribution is 5.77. The normalized spacial score (nSPS) is 15.0. The topological polar surface area (TPSA) is 38.9 Å². The van der Waals surface area contributed by atoms with E-state index in [0.717, 1.165) is 12.1 Å². The van der Waals surface area contributed by atoms with Gasteiger partial charge in [0.1, 0.15) is 5.52 Å². The number of nitrogens with zero attached hydrogens (tertiary/aromatic N) is 2. The molecule has 1 unspecified atom stereocenters. The van der Waals surface area contributed by atoms with Crippen molar-refractivity contribution in [2.75, 3.05) is 0 Å². The molecule has 1 atom stereocenters. The summed E-state index contributed by atoms with van der Waals surface area (Å²) in [4.78, 5) is 7.96. The minimum absolute atomic E-state index is 0.164. The highest BCUT2D eigenvalue weighted by Gasteiger charge is 2.53. The Kier molecular flexibility index (Phi) is 3.16. The molecule has 3 rings (SSSR count). The molecular formula is C15H10F4N2O. The first-order valence-corrected chi connectivity index (χ1v) is 6.36. The maximum Gasteiger partial charge on any atom is 0.426 e. The lowest BCUT2D eigenvalue weighted by Crippen LogP contribution is -2.34. The molecule has 114 valence electrons. The Balaban J connectivity index is 2.08. The average molecular weight is 310 g/mol. The van der Waals surface area contributed by atoms with Crippen molar-refractivity contribution >= 4 is 11.1 Å². The lowest BCUT2D eigenvalue weighted by Gasteiger charge is -2.23. The van der Waals surface area contributed by atoms with Gasteiger partial charge < -0.3 is 4.42 Å². The first-order valence-electron chi connectivity index (χ1n) is 6.36. The monoisotopic (exact) mass is 310 g/mol. The number of pyridine rings is 1. The average Bonchev–Trinajstić information content (AvgIpc) is 2.90. The van der Waals surface area contributed by atoms with Gasteiger partial charge in [0.05, 0.1) is 0 Å². The van der Waals surface area contributed by atoms with E-state index in [4.69, 9.17) is 4.42 Å². The van der Waals surface area contributed by atoms with Gasteiger partial charge in [0, 0.05) is 23.5 Å². The first-order chi connectivity index (χ1) is 10.3. The summed E-state index contributed by atoms with van der Waals surface area (Å²) in [6.45, 7) is 0.484. The van der Waals surface area contributed by atoms with Crippen LogP contribution < -0.4 is 0 Å². The van der Waals surface area contributed by atoms with E-state index in [-0.39, 0.29) is 17.0 Å². The van der Waals surface area contributed by atoms with Crippen molar-refractivity contribution in [3.63, 3.8) is 0 Å². The first kappa shape index (κ1) is 14.5. The summed E-state index contributed by atoms with van der Waals surface area (Å²) in [6.07, 6.45) is -1.92. The van der Waals surface area contributed by atoms with Crippen LogP contribution in [0.25, 0.3) is 22.6 Å². The highest BCUT2D eigenvalue weighted by Crippen LogP contribution is 2.42. The summed E-state index contributed by atoms with van der Waals surface area (Å²) < 4.78 is 57.8. The van der Waals surface area contributed by atoms with Crippen LogP contribution in [0.3, 0.4) is 0 Å². The van der Waals surface area contributed by atoms with Gasteiger partial charge in [-0.1, -0.05) is 6.07 Å². The number of alkyl halides is 4. The van der Waals surface area contributed by atoms with E-state index in [1.54, 1.807) is 12.1 Å². The van der Waals surface area contributed by atoms with Gasteiger partial charge in [-0.25, -0.2) is 9.37 Å². The Labute approximate surface area is 122 Å². The molecule has 3 nitrogen and oxygen atoms in total. The molecule has 0 spiro atoms. The number of halogens is 4. The van der Waals surface area contributed by atoms with Crippen molar-refractivity contribution in [3.05, 3.63) is 48.3 Å². The SMILES string of the molecule is CC(F)(c1ccc2oc(-c3ccncc3)nc2c1)C(F)(F)F. The van der Waals surface area contributed by atoms with Crippen LogP contribution >= 0.6 is 0 Å². The molecule has 22 heavy (non-hydrogen) atoms. The minimum Gasteiger partial charge on any atom is -0.436 e. The third-order valence-electron chi connectivity index (χ3n) is 3.39. The Hall–Kier alpha value is -2.44. The Morgan fingerprint density at radius 3 is 2.32 bits per heavy atom. The summed E-state index contributed by atoms with van der Waals surface area (Å²) in [5, 5.41) is 0. The molecule has 2 heterocycles. The van der Waals surface area contributed by atoms with Crippen molar-refractivity contribution < 1.29 is 22.0 Å². The van der Waals surface area contributed by atoms with Gasteiger partial charge in [0.2, 0.25) is 11.6 Å². The maximum absolute atomic E-state index is 14.0. The van der Waals surface area contributed by atoms with Crippen molar-refractivity contribution in [2.24, 2.45) is 0 Å². The zero-order valence-electron chi connectivity index (χ0n) is 11.4. The molecule has 0 N–H and O–H groups in total. The molecule has 1 aromatic carbocycles. The van der Waals surface area contributed by atoms with Crippen LogP contribution in [0, 0.1) is 0 Å². The zero-order valence-corrected chi connectivity index (χ0v) is 11.4. The fraction of sp³-hybridized carbons (Fsp3) is 0.200. The second kappa shape index (κ2) is 4.79. The van der Waals surface area contributed by atoms with Gasteiger partial charge in [-0.05, 0) is 31.2 Å². The lowest BCUT2D eigenvalue weighted by molar-refractivity contribution is -0.228. The van der Waals surface area contributed by atoms with Gasteiger partial charge in [-0.3, -0.25) is 4.98 Å². The summed E-state index contributed by atoms with van der Waals surface area (Å²) in [5.74, 6) is 0.238. The molecule has 0 aliphatic heterocycles. The summed E-state index contributed by atoms with van der Waals surface area (Å²) >= 11 is 0. The van der Waals surface area contributed by atoms with Gasteiger partial charge in [-0.2, -0.15) is 13.2 Å². The third-order valence-corrected chi connectivity index (χ3v) is 3.39. The van der Waals surface area contributed by atoms with Gasteiger partial charge in [-0.15, -0.1) is 0 Å². The number of benzene rings is 1. The lowest BCUT2D eigenvalue weighted by atomic mass is 9.97. The largest absolute Gasteiger partial charge is 0.436 e. The van der Waals surface area contributed by atoms with E-state index in [9.17, 15) is 17.6 Å². The highest BCUT2D eigenvalue weighted by atomic mass is 19.4.